The maximum absolute atomic E-state index is 12.5. The monoisotopic (exact) mass is 325 g/mol. The van der Waals surface area contributed by atoms with Crippen LogP contribution in [-0.2, 0) is 4.79 Å². The van der Waals surface area contributed by atoms with Crippen LogP contribution in [0.4, 0.5) is 11.6 Å². The van der Waals surface area contributed by atoms with Gasteiger partial charge in [-0.2, -0.15) is 15.3 Å². The Morgan fingerprint density at radius 2 is 1.92 bits per heavy atom. The topological polar surface area (TPSA) is 90.4 Å². The number of hydrazone groups is 1. The number of anilines is 2. The highest BCUT2D eigenvalue weighted by atomic mass is 16.2. The van der Waals surface area contributed by atoms with Gasteiger partial charge in [0.15, 0.2) is 0 Å². The number of benzene rings is 1. The number of rotatable bonds is 5. The Labute approximate surface area is 139 Å². The minimum Gasteiger partial charge on any atom is -0.372 e. The Morgan fingerprint density at radius 3 is 2.50 bits per heavy atom. The lowest BCUT2D eigenvalue weighted by molar-refractivity contribution is -0.114. The van der Waals surface area contributed by atoms with E-state index < -0.39 is 0 Å². The maximum Gasteiger partial charge on any atom is 0.293 e. The molecule has 0 aliphatic carbocycles. The first-order valence-electron chi connectivity index (χ1n) is 7.84. The average molecular weight is 325 g/mol. The highest BCUT2D eigenvalue weighted by molar-refractivity contribution is 6.31. The van der Waals surface area contributed by atoms with Crippen molar-refractivity contribution in [3.63, 3.8) is 0 Å². The summed E-state index contributed by atoms with van der Waals surface area (Å²) < 4.78 is 0. The predicted molar refractivity (Wildman–Crippen MR) is 92.8 cm³/mol. The van der Waals surface area contributed by atoms with Crippen LogP contribution in [0.2, 0.25) is 0 Å². The number of amides is 1. The van der Waals surface area contributed by atoms with E-state index in [0.29, 0.717) is 11.3 Å². The van der Waals surface area contributed by atoms with E-state index in [9.17, 15) is 4.79 Å². The summed E-state index contributed by atoms with van der Waals surface area (Å²) in [4.78, 5) is 14.8. The molecule has 24 heavy (non-hydrogen) atoms. The Hall–Kier alpha value is -3.03. The summed E-state index contributed by atoms with van der Waals surface area (Å²) in [5.74, 6) is -0.124. The van der Waals surface area contributed by atoms with Crippen molar-refractivity contribution in [2.75, 3.05) is 23.0 Å². The van der Waals surface area contributed by atoms with Gasteiger partial charge in [0.2, 0.25) is 0 Å². The van der Waals surface area contributed by atoms with Crippen molar-refractivity contribution in [1.29, 1.82) is 0 Å². The molecule has 1 amide bonds. The Kier molecular flexibility index (Phi) is 4.37. The van der Waals surface area contributed by atoms with Gasteiger partial charge in [0.1, 0.15) is 0 Å². The fourth-order valence-electron chi connectivity index (χ4n) is 2.60. The van der Waals surface area contributed by atoms with Crippen LogP contribution in [-0.4, -0.2) is 45.3 Å². The molecule has 2 aromatic rings. The summed E-state index contributed by atoms with van der Waals surface area (Å²) in [5, 5.41) is 18.7. The molecule has 0 fully saturated rings. The molecule has 0 saturated heterocycles. The predicted octanol–water partition coefficient (Wildman–Crippen LogP) is 1.85. The van der Waals surface area contributed by atoms with Gasteiger partial charge in [-0.15, -0.1) is 5.10 Å². The third-order valence-electron chi connectivity index (χ3n) is 3.92. The number of aromatic amines is 1. The van der Waals surface area contributed by atoms with Gasteiger partial charge in [0.05, 0.1) is 11.3 Å². The molecule has 8 heteroatoms. The number of H-pyrrole nitrogens is 1. The highest BCUT2D eigenvalue weighted by Gasteiger charge is 2.31. The van der Waals surface area contributed by atoms with Gasteiger partial charge in [-0.1, -0.05) is 17.2 Å². The molecular weight excluding hydrogens is 306 g/mol. The summed E-state index contributed by atoms with van der Waals surface area (Å²) in [6.45, 7) is 7.96. The second-order valence-electron chi connectivity index (χ2n) is 5.34. The van der Waals surface area contributed by atoms with E-state index >= 15 is 0 Å². The molecular formula is C16H19N7O. The zero-order valence-corrected chi connectivity index (χ0v) is 13.9. The van der Waals surface area contributed by atoms with E-state index in [1.54, 1.807) is 6.92 Å². The van der Waals surface area contributed by atoms with E-state index in [0.717, 1.165) is 23.7 Å². The lowest BCUT2D eigenvalue weighted by Gasteiger charge is -2.20. The molecule has 3 rings (SSSR count). The zero-order chi connectivity index (χ0) is 17.1. The minimum absolute atomic E-state index is 0.139. The molecule has 1 N–H and O–H groups in total. The number of carbonyl (C=O) groups is 1. The van der Waals surface area contributed by atoms with Crippen LogP contribution >= 0.6 is 0 Å². The number of aromatic nitrogens is 4. The molecule has 1 aromatic carbocycles. The van der Waals surface area contributed by atoms with Gasteiger partial charge in [-0.05, 0) is 49.8 Å². The van der Waals surface area contributed by atoms with Gasteiger partial charge < -0.3 is 4.90 Å². The fraction of sp³-hybridized carbons (Fsp3) is 0.312. The average Bonchev–Trinajstić information content (AvgIpc) is 3.21. The highest BCUT2D eigenvalue weighted by Crippen LogP contribution is 2.22. The first kappa shape index (κ1) is 15.9. The lowest BCUT2D eigenvalue weighted by atomic mass is 10.1. The van der Waals surface area contributed by atoms with E-state index in [2.05, 4.69) is 56.6 Å². The fourth-order valence-corrected chi connectivity index (χ4v) is 2.60. The quantitative estimate of drug-likeness (QED) is 0.847. The second kappa shape index (κ2) is 6.61. The van der Waals surface area contributed by atoms with Crippen molar-refractivity contribution in [3.8, 4) is 0 Å². The molecule has 1 aromatic heterocycles. The Morgan fingerprint density at radius 1 is 1.21 bits per heavy atom. The number of hydrogen-bond acceptors (Lipinski definition) is 6. The van der Waals surface area contributed by atoms with Crippen LogP contribution in [0.5, 0.6) is 0 Å². The first-order valence-corrected chi connectivity index (χ1v) is 7.84. The molecule has 0 unspecified atom stereocenters. The number of carbonyl (C=O) groups excluding carboxylic acids is 1. The van der Waals surface area contributed by atoms with Crippen molar-refractivity contribution in [3.05, 3.63) is 35.4 Å². The largest absolute Gasteiger partial charge is 0.372 e. The van der Waals surface area contributed by atoms with Crippen molar-refractivity contribution < 1.29 is 4.79 Å². The Bertz CT molecular complexity index is 773. The second-order valence-corrected chi connectivity index (χ2v) is 5.34. The molecule has 0 saturated carbocycles. The zero-order valence-electron chi connectivity index (χ0n) is 13.9. The van der Waals surface area contributed by atoms with E-state index in [-0.39, 0.29) is 11.9 Å². The Balaban J connectivity index is 1.84. The molecule has 0 bridgehead atoms. The lowest BCUT2D eigenvalue weighted by Crippen LogP contribution is -2.22. The summed E-state index contributed by atoms with van der Waals surface area (Å²) in [6, 6.07) is 8.11. The van der Waals surface area contributed by atoms with Crippen molar-refractivity contribution in [1.82, 2.24) is 20.6 Å². The molecule has 1 aliphatic heterocycles. The number of nitrogens with one attached hydrogen (secondary N) is 1. The number of nitrogens with zero attached hydrogens (tertiary/aromatic N) is 6. The summed E-state index contributed by atoms with van der Waals surface area (Å²) in [7, 11) is 0. The normalized spacial score (nSPS) is 16.0. The summed E-state index contributed by atoms with van der Waals surface area (Å²) in [6.07, 6.45) is 1.83. The summed E-state index contributed by atoms with van der Waals surface area (Å²) >= 11 is 0. The third kappa shape index (κ3) is 2.90. The van der Waals surface area contributed by atoms with E-state index in [4.69, 9.17) is 0 Å². The molecule has 124 valence electrons. The minimum atomic E-state index is -0.262. The van der Waals surface area contributed by atoms with Crippen molar-refractivity contribution in [2.45, 2.75) is 20.8 Å². The standard InChI is InChI=1S/C16H19N7O/c1-4-22(5-2)13-8-6-12(7-9-13)10-14-11(3)19-23(15(14)24)16-17-20-21-18-16/h6-10H,4-5H2,1-3H3,(H,17,18,20,21). The first-order chi connectivity index (χ1) is 11.6. The van der Waals surface area contributed by atoms with Crippen LogP contribution in [0.1, 0.15) is 26.3 Å². The molecule has 1 aliphatic rings. The smallest absolute Gasteiger partial charge is 0.293 e. The SMILES string of the molecule is CCN(CC)c1ccc(C=C2C(=O)N(c3nn[nH]n3)N=C2C)cc1. The van der Waals surface area contributed by atoms with E-state index in [1.807, 2.05) is 18.2 Å². The van der Waals surface area contributed by atoms with Crippen LogP contribution < -0.4 is 9.91 Å². The van der Waals surface area contributed by atoms with Gasteiger partial charge in [0, 0.05) is 18.8 Å². The summed E-state index contributed by atoms with van der Waals surface area (Å²) in [5.41, 5.74) is 3.26. The molecule has 0 radical (unpaired) electrons. The van der Waals surface area contributed by atoms with Crippen LogP contribution in [0.25, 0.3) is 6.08 Å². The number of tetrazole rings is 1. The third-order valence-corrected chi connectivity index (χ3v) is 3.92. The molecule has 0 spiro atoms. The van der Waals surface area contributed by atoms with Crippen LogP contribution in [0.3, 0.4) is 0 Å². The maximum atomic E-state index is 12.5. The number of hydrogen-bond donors (Lipinski definition) is 1. The van der Waals surface area contributed by atoms with Crippen LogP contribution in [0, 0.1) is 0 Å². The van der Waals surface area contributed by atoms with Gasteiger partial charge in [0.25, 0.3) is 11.9 Å². The van der Waals surface area contributed by atoms with E-state index in [1.165, 1.54) is 5.69 Å². The van der Waals surface area contributed by atoms with Gasteiger partial charge in [-0.3, -0.25) is 4.79 Å². The molecule has 0 atom stereocenters. The van der Waals surface area contributed by atoms with Gasteiger partial charge in [-0.25, -0.2) is 0 Å². The molecule has 2 heterocycles. The van der Waals surface area contributed by atoms with Crippen molar-refractivity contribution >= 4 is 29.3 Å². The van der Waals surface area contributed by atoms with Crippen LogP contribution in [0.15, 0.2) is 34.9 Å². The molecule has 8 nitrogen and oxygen atoms in total. The van der Waals surface area contributed by atoms with Crippen molar-refractivity contribution in [2.24, 2.45) is 5.10 Å². The van der Waals surface area contributed by atoms with Gasteiger partial charge >= 0.3 is 0 Å².